The van der Waals surface area contributed by atoms with Crippen LogP contribution >= 0.6 is 11.7 Å². The van der Waals surface area contributed by atoms with Crippen LogP contribution in [0.5, 0.6) is 0 Å². The summed E-state index contributed by atoms with van der Waals surface area (Å²) in [6.07, 6.45) is 0.445. The highest BCUT2D eigenvalue weighted by Crippen LogP contribution is 2.21. The van der Waals surface area contributed by atoms with E-state index in [9.17, 15) is 9.59 Å². The SMILES string of the molecule is CC(=O)C(Cc1ccccc1)NC(=O)c1nsnc1-c1ccccc1. The van der Waals surface area contributed by atoms with Crippen LogP contribution in [0.2, 0.25) is 0 Å². The van der Waals surface area contributed by atoms with Crippen LogP contribution in [0, 0.1) is 0 Å². The highest BCUT2D eigenvalue weighted by atomic mass is 32.1. The van der Waals surface area contributed by atoms with Crippen LogP contribution in [0.15, 0.2) is 60.7 Å². The topological polar surface area (TPSA) is 72.0 Å². The van der Waals surface area contributed by atoms with E-state index in [0.717, 1.165) is 22.9 Å². The van der Waals surface area contributed by atoms with Crippen LogP contribution in [0.3, 0.4) is 0 Å². The van der Waals surface area contributed by atoms with Crippen molar-refractivity contribution in [3.63, 3.8) is 0 Å². The highest BCUT2D eigenvalue weighted by Gasteiger charge is 2.23. The first-order valence-electron chi connectivity index (χ1n) is 7.88. The lowest BCUT2D eigenvalue weighted by molar-refractivity contribution is -0.118. The van der Waals surface area contributed by atoms with Crippen molar-refractivity contribution in [2.45, 2.75) is 19.4 Å². The molecule has 1 heterocycles. The lowest BCUT2D eigenvalue weighted by atomic mass is 10.0. The average Bonchev–Trinajstić information content (AvgIpc) is 3.12. The van der Waals surface area contributed by atoms with Crippen molar-refractivity contribution < 1.29 is 9.59 Å². The van der Waals surface area contributed by atoms with Gasteiger partial charge in [-0.1, -0.05) is 60.7 Å². The van der Waals surface area contributed by atoms with Gasteiger partial charge in [0, 0.05) is 5.56 Å². The molecule has 6 heteroatoms. The van der Waals surface area contributed by atoms with Crippen LogP contribution in [0.25, 0.3) is 11.3 Å². The fourth-order valence-corrected chi connectivity index (χ4v) is 3.06. The minimum atomic E-state index is -0.597. The summed E-state index contributed by atoms with van der Waals surface area (Å²) in [7, 11) is 0. The first kappa shape index (κ1) is 17.0. The number of ketones is 1. The van der Waals surface area contributed by atoms with E-state index >= 15 is 0 Å². The van der Waals surface area contributed by atoms with Gasteiger partial charge in [-0.3, -0.25) is 9.59 Å². The van der Waals surface area contributed by atoms with E-state index in [1.165, 1.54) is 6.92 Å². The zero-order chi connectivity index (χ0) is 17.6. The fourth-order valence-electron chi connectivity index (χ4n) is 2.50. The van der Waals surface area contributed by atoms with E-state index in [2.05, 4.69) is 14.1 Å². The molecule has 2 aromatic carbocycles. The molecule has 0 spiro atoms. The Labute approximate surface area is 150 Å². The van der Waals surface area contributed by atoms with Crippen molar-refractivity contribution in [1.82, 2.24) is 14.1 Å². The van der Waals surface area contributed by atoms with Crippen molar-refractivity contribution in [1.29, 1.82) is 0 Å². The number of carbonyl (C=O) groups excluding carboxylic acids is 2. The smallest absolute Gasteiger partial charge is 0.273 e. The van der Waals surface area contributed by atoms with Crippen molar-refractivity contribution in [3.05, 3.63) is 71.9 Å². The molecule has 0 saturated heterocycles. The molecule has 0 bridgehead atoms. The molecule has 0 fully saturated rings. The molecule has 3 rings (SSSR count). The molecule has 0 saturated carbocycles. The summed E-state index contributed by atoms with van der Waals surface area (Å²) >= 11 is 0.983. The summed E-state index contributed by atoms with van der Waals surface area (Å²) < 4.78 is 8.35. The van der Waals surface area contributed by atoms with Gasteiger partial charge < -0.3 is 5.32 Å². The molecule has 0 aliphatic rings. The standard InChI is InChI=1S/C19H17N3O2S/c1-13(23)16(12-14-8-4-2-5-9-14)20-19(24)18-17(21-25-22-18)15-10-6-3-7-11-15/h2-11,16H,12H2,1H3,(H,20,24). The minimum Gasteiger partial charge on any atom is -0.340 e. The molecule has 3 aromatic rings. The van der Waals surface area contributed by atoms with Gasteiger partial charge in [0.05, 0.1) is 17.8 Å². The van der Waals surface area contributed by atoms with Crippen LogP contribution in [0.4, 0.5) is 0 Å². The normalized spacial score (nSPS) is 11.7. The molecule has 1 atom stereocenters. The van der Waals surface area contributed by atoms with Crippen molar-refractivity contribution in [2.24, 2.45) is 0 Å². The molecule has 25 heavy (non-hydrogen) atoms. The summed E-state index contributed by atoms with van der Waals surface area (Å²) in [6, 6.07) is 18.4. The third-order valence-corrected chi connectivity index (χ3v) is 4.36. The second-order valence-corrected chi connectivity index (χ2v) is 6.18. The highest BCUT2D eigenvalue weighted by molar-refractivity contribution is 6.99. The molecular weight excluding hydrogens is 334 g/mol. The number of rotatable bonds is 6. The Balaban J connectivity index is 1.79. The summed E-state index contributed by atoms with van der Waals surface area (Å²) in [5, 5.41) is 2.79. The molecule has 126 valence electrons. The van der Waals surface area contributed by atoms with Gasteiger partial charge in [0.2, 0.25) is 0 Å². The second-order valence-electron chi connectivity index (χ2n) is 5.65. The van der Waals surface area contributed by atoms with Gasteiger partial charge in [-0.2, -0.15) is 8.75 Å². The van der Waals surface area contributed by atoms with E-state index in [1.807, 2.05) is 60.7 Å². The van der Waals surface area contributed by atoms with Gasteiger partial charge >= 0.3 is 0 Å². The van der Waals surface area contributed by atoms with E-state index in [0.29, 0.717) is 12.1 Å². The Morgan fingerprint density at radius 2 is 1.64 bits per heavy atom. The van der Waals surface area contributed by atoms with E-state index in [-0.39, 0.29) is 17.4 Å². The maximum atomic E-state index is 12.6. The average molecular weight is 351 g/mol. The molecular formula is C19H17N3O2S. The van der Waals surface area contributed by atoms with Crippen molar-refractivity contribution in [2.75, 3.05) is 0 Å². The Morgan fingerprint density at radius 3 is 2.28 bits per heavy atom. The van der Waals surface area contributed by atoms with Crippen molar-refractivity contribution >= 4 is 23.4 Å². The van der Waals surface area contributed by atoms with Gasteiger partial charge in [-0.15, -0.1) is 0 Å². The Hall–Kier alpha value is -2.86. The first-order chi connectivity index (χ1) is 12.1. The number of aromatic nitrogens is 2. The quantitative estimate of drug-likeness (QED) is 0.740. The minimum absolute atomic E-state index is 0.0957. The summed E-state index contributed by atoms with van der Waals surface area (Å²) in [6.45, 7) is 1.48. The lowest BCUT2D eigenvalue weighted by Gasteiger charge is -2.15. The number of benzene rings is 2. The number of carbonyl (C=O) groups is 2. The molecule has 0 aliphatic carbocycles. The predicted octanol–water partition coefficient (Wildman–Crippen LogP) is 3.14. The maximum Gasteiger partial charge on any atom is 0.273 e. The number of hydrogen-bond acceptors (Lipinski definition) is 5. The van der Waals surface area contributed by atoms with Crippen molar-refractivity contribution in [3.8, 4) is 11.3 Å². The number of nitrogens with one attached hydrogen (secondary N) is 1. The Kier molecular flexibility index (Phi) is 5.30. The monoisotopic (exact) mass is 351 g/mol. The number of nitrogens with zero attached hydrogens (tertiary/aromatic N) is 2. The van der Waals surface area contributed by atoms with Gasteiger partial charge in [0.15, 0.2) is 11.5 Å². The number of amides is 1. The third-order valence-electron chi connectivity index (χ3n) is 3.83. The molecule has 1 N–H and O–H groups in total. The molecule has 5 nitrogen and oxygen atoms in total. The summed E-state index contributed by atoms with van der Waals surface area (Å²) in [5.74, 6) is -0.481. The number of Topliss-reactive ketones (excluding diaryl/α,β-unsaturated/α-hetero) is 1. The third kappa shape index (κ3) is 4.16. The zero-order valence-electron chi connectivity index (χ0n) is 13.7. The molecule has 0 radical (unpaired) electrons. The molecule has 0 aliphatic heterocycles. The summed E-state index contributed by atoms with van der Waals surface area (Å²) in [4.78, 5) is 24.6. The van der Waals surface area contributed by atoms with E-state index in [4.69, 9.17) is 0 Å². The van der Waals surface area contributed by atoms with Crippen LogP contribution in [-0.4, -0.2) is 26.5 Å². The summed E-state index contributed by atoms with van der Waals surface area (Å²) in [5.41, 5.74) is 2.59. The molecule has 1 aromatic heterocycles. The first-order valence-corrected chi connectivity index (χ1v) is 8.61. The second kappa shape index (κ2) is 7.81. The Bertz CT molecular complexity index is 863. The number of hydrogen-bond donors (Lipinski definition) is 1. The molecule has 1 amide bonds. The van der Waals surface area contributed by atoms with E-state index in [1.54, 1.807) is 0 Å². The van der Waals surface area contributed by atoms with Crippen LogP contribution < -0.4 is 5.32 Å². The largest absolute Gasteiger partial charge is 0.340 e. The van der Waals surface area contributed by atoms with Gasteiger partial charge in [-0.25, -0.2) is 0 Å². The van der Waals surface area contributed by atoms with Gasteiger partial charge in [-0.05, 0) is 18.9 Å². The van der Waals surface area contributed by atoms with Gasteiger partial charge in [0.1, 0.15) is 5.69 Å². The van der Waals surface area contributed by atoms with Crippen LogP contribution in [0.1, 0.15) is 23.0 Å². The van der Waals surface area contributed by atoms with E-state index < -0.39 is 6.04 Å². The predicted molar refractivity (Wildman–Crippen MR) is 97.4 cm³/mol. The lowest BCUT2D eigenvalue weighted by Crippen LogP contribution is -2.41. The molecule has 1 unspecified atom stereocenters. The fraction of sp³-hybridized carbons (Fsp3) is 0.158. The maximum absolute atomic E-state index is 12.6. The van der Waals surface area contributed by atoms with Crippen LogP contribution in [-0.2, 0) is 11.2 Å². The zero-order valence-corrected chi connectivity index (χ0v) is 14.5. The Morgan fingerprint density at radius 1 is 1.00 bits per heavy atom. The van der Waals surface area contributed by atoms with Gasteiger partial charge in [0.25, 0.3) is 5.91 Å².